The van der Waals surface area contributed by atoms with Crippen molar-refractivity contribution in [1.82, 2.24) is 15.5 Å². The number of nitrogens with zero attached hydrogens (tertiary/aromatic N) is 1. The van der Waals surface area contributed by atoms with Crippen LogP contribution in [0.4, 0.5) is 4.79 Å². The number of hydrogen-bond donors (Lipinski definition) is 2. The van der Waals surface area contributed by atoms with E-state index in [0.29, 0.717) is 12.8 Å². The molecule has 0 radical (unpaired) electrons. The van der Waals surface area contributed by atoms with Crippen molar-refractivity contribution in [2.24, 2.45) is 5.92 Å². The molecule has 2 aromatic carbocycles. The molecule has 2 heterocycles. The molecule has 3 aliphatic rings. The number of carbonyl (C=O) groups is 4. The van der Waals surface area contributed by atoms with Gasteiger partial charge in [0, 0.05) is 12.0 Å². The summed E-state index contributed by atoms with van der Waals surface area (Å²) in [6.07, 6.45) is 2.56. The standard InChI is InChI=1S/C34H43N3O6/c1-20(2)29(36-33(41)42-19-26-24-14-8-6-12-22(24)23-13-7-9-15-25(23)26)30(38)35-27-16-10-11-21-17-18-28(37(21)31(27)39)32(40)43-34(3,4)5/h6-9,12-15,20-21,26-29H,10-11,16-19H2,1-5H3,(H,35,38)(H,36,41)/t21-,27-,28-,29-/m0/s1. The molecule has 0 aromatic heterocycles. The maximum Gasteiger partial charge on any atom is 0.407 e. The second-order valence-corrected chi connectivity index (χ2v) is 13.2. The van der Waals surface area contributed by atoms with E-state index >= 15 is 0 Å². The van der Waals surface area contributed by atoms with Crippen LogP contribution >= 0.6 is 0 Å². The molecule has 43 heavy (non-hydrogen) atoms. The lowest BCUT2D eigenvalue weighted by atomic mass is 9.98. The third kappa shape index (κ3) is 6.55. The summed E-state index contributed by atoms with van der Waals surface area (Å²) < 4.78 is 11.3. The summed E-state index contributed by atoms with van der Waals surface area (Å²) in [6.45, 7) is 9.21. The van der Waals surface area contributed by atoms with Gasteiger partial charge in [0.05, 0.1) is 0 Å². The molecule has 2 N–H and O–H groups in total. The summed E-state index contributed by atoms with van der Waals surface area (Å²) in [6, 6.07) is 13.8. The number of rotatable bonds is 7. The quantitative estimate of drug-likeness (QED) is 0.443. The number of carbonyl (C=O) groups excluding carboxylic acids is 4. The number of alkyl carbamates (subject to hydrolysis) is 1. The van der Waals surface area contributed by atoms with Crippen molar-refractivity contribution >= 4 is 23.9 Å². The van der Waals surface area contributed by atoms with Crippen LogP contribution in [0.1, 0.15) is 83.8 Å². The molecule has 1 aliphatic carbocycles. The SMILES string of the molecule is CC(C)[C@H](NC(=O)OCC1c2ccccc2-c2ccccc21)C(=O)N[C@H]1CCC[C@H]2CC[C@@H](C(=O)OC(C)(C)C)N2C1=O. The number of amides is 3. The van der Waals surface area contributed by atoms with E-state index in [1.165, 1.54) is 0 Å². The Balaban J connectivity index is 1.22. The molecule has 9 nitrogen and oxygen atoms in total. The average Bonchev–Trinajstić information content (AvgIpc) is 3.48. The van der Waals surface area contributed by atoms with Crippen molar-refractivity contribution < 1.29 is 28.7 Å². The van der Waals surface area contributed by atoms with Gasteiger partial charge in [-0.1, -0.05) is 62.4 Å². The first-order valence-electron chi connectivity index (χ1n) is 15.4. The molecule has 0 spiro atoms. The van der Waals surface area contributed by atoms with Gasteiger partial charge in [0.15, 0.2) is 0 Å². The van der Waals surface area contributed by atoms with Crippen molar-refractivity contribution in [3.63, 3.8) is 0 Å². The van der Waals surface area contributed by atoms with Gasteiger partial charge >= 0.3 is 12.1 Å². The van der Waals surface area contributed by atoms with Crippen molar-refractivity contribution in [3.8, 4) is 11.1 Å². The van der Waals surface area contributed by atoms with Crippen molar-refractivity contribution in [2.45, 2.75) is 102 Å². The van der Waals surface area contributed by atoms with Crippen LogP contribution in [0.3, 0.4) is 0 Å². The molecular weight excluding hydrogens is 546 g/mol. The highest BCUT2D eigenvalue weighted by Crippen LogP contribution is 2.44. The highest BCUT2D eigenvalue weighted by Gasteiger charge is 2.46. The summed E-state index contributed by atoms with van der Waals surface area (Å²) in [4.78, 5) is 54.8. The van der Waals surface area contributed by atoms with Crippen LogP contribution in [-0.4, -0.2) is 65.2 Å². The van der Waals surface area contributed by atoms with Gasteiger partial charge in [0.2, 0.25) is 11.8 Å². The Morgan fingerprint density at radius 2 is 1.56 bits per heavy atom. The highest BCUT2D eigenvalue weighted by atomic mass is 16.6. The molecule has 2 aliphatic heterocycles. The van der Waals surface area contributed by atoms with Crippen LogP contribution in [0, 0.1) is 5.92 Å². The predicted octanol–water partition coefficient (Wildman–Crippen LogP) is 4.92. The third-order valence-corrected chi connectivity index (χ3v) is 8.65. The molecule has 0 unspecified atom stereocenters. The van der Waals surface area contributed by atoms with Crippen LogP contribution in [0.5, 0.6) is 0 Å². The van der Waals surface area contributed by atoms with E-state index < -0.39 is 41.7 Å². The summed E-state index contributed by atoms with van der Waals surface area (Å²) in [5.74, 6) is -1.48. The second-order valence-electron chi connectivity index (χ2n) is 13.2. The zero-order valence-electron chi connectivity index (χ0n) is 25.7. The molecule has 4 atom stereocenters. The normalized spacial score (nSPS) is 22.2. The Kier molecular flexibility index (Phi) is 8.81. The second kappa shape index (κ2) is 12.4. The number of ether oxygens (including phenoxy) is 2. The summed E-state index contributed by atoms with van der Waals surface area (Å²) in [5, 5.41) is 5.62. The third-order valence-electron chi connectivity index (χ3n) is 8.65. The Labute approximate surface area is 253 Å². The first-order valence-corrected chi connectivity index (χ1v) is 15.4. The monoisotopic (exact) mass is 589 g/mol. The molecule has 230 valence electrons. The molecule has 2 fully saturated rings. The molecule has 9 heteroatoms. The Morgan fingerprint density at radius 3 is 2.16 bits per heavy atom. The molecular formula is C34H43N3O6. The zero-order valence-corrected chi connectivity index (χ0v) is 25.7. The fraction of sp³-hybridized carbons (Fsp3) is 0.529. The zero-order chi connectivity index (χ0) is 30.9. The topological polar surface area (TPSA) is 114 Å². The molecule has 5 rings (SSSR count). The lowest BCUT2D eigenvalue weighted by molar-refractivity contribution is -0.164. The minimum atomic E-state index is -0.900. The van der Waals surface area contributed by atoms with E-state index in [0.717, 1.165) is 41.5 Å². The molecule has 0 bridgehead atoms. The minimum absolute atomic E-state index is 0.0493. The Bertz CT molecular complexity index is 1340. The Hall–Kier alpha value is -3.88. The van der Waals surface area contributed by atoms with Gasteiger partial charge in [-0.25, -0.2) is 9.59 Å². The largest absolute Gasteiger partial charge is 0.458 e. The summed E-state index contributed by atoms with van der Waals surface area (Å²) >= 11 is 0. The van der Waals surface area contributed by atoms with Gasteiger partial charge in [0.25, 0.3) is 0 Å². The first kappa shape index (κ1) is 30.6. The maximum atomic E-state index is 13.7. The number of fused-ring (bicyclic) bond motifs is 4. The summed E-state index contributed by atoms with van der Waals surface area (Å²) in [7, 11) is 0. The van der Waals surface area contributed by atoms with Crippen LogP contribution in [0.2, 0.25) is 0 Å². The predicted molar refractivity (Wildman–Crippen MR) is 162 cm³/mol. The van der Waals surface area contributed by atoms with Crippen LogP contribution in [0.15, 0.2) is 48.5 Å². The van der Waals surface area contributed by atoms with Gasteiger partial charge < -0.3 is 25.0 Å². The molecule has 0 saturated carbocycles. The fourth-order valence-corrected chi connectivity index (χ4v) is 6.66. The van der Waals surface area contributed by atoms with Crippen LogP contribution in [0.25, 0.3) is 11.1 Å². The van der Waals surface area contributed by atoms with Crippen LogP contribution < -0.4 is 10.6 Å². The van der Waals surface area contributed by atoms with Gasteiger partial charge in [-0.15, -0.1) is 0 Å². The number of nitrogens with one attached hydrogen (secondary N) is 2. The van der Waals surface area contributed by atoms with E-state index in [2.05, 4.69) is 22.8 Å². The van der Waals surface area contributed by atoms with E-state index in [4.69, 9.17) is 9.47 Å². The smallest absolute Gasteiger partial charge is 0.407 e. The van der Waals surface area contributed by atoms with Gasteiger partial charge in [0.1, 0.15) is 30.3 Å². The van der Waals surface area contributed by atoms with Crippen molar-refractivity contribution in [3.05, 3.63) is 59.7 Å². The lowest BCUT2D eigenvalue weighted by Gasteiger charge is -2.32. The van der Waals surface area contributed by atoms with E-state index in [-0.39, 0.29) is 30.4 Å². The molecule has 3 amide bonds. The highest BCUT2D eigenvalue weighted by molar-refractivity contribution is 5.94. The Morgan fingerprint density at radius 1 is 0.930 bits per heavy atom. The number of esters is 1. The molecule has 2 aromatic rings. The van der Waals surface area contributed by atoms with Gasteiger partial charge in [-0.3, -0.25) is 9.59 Å². The maximum absolute atomic E-state index is 13.7. The van der Waals surface area contributed by atoms with Gasteiger partial charge in [-0.05, 0) is 81.0 Å². The summed E-state index contributed by atoms with van der Waals surface area (Å²) in [5.41, 5.74) is 3.81. The fourth-order valence-electron chi connectivity index (χ4n) is 6.66. The van der Waals surface area contributed by atoms with E-state index in [1.807, 2.05) is 50.2 Å². The van der Waals surface area contributed by atoms with Crippen molar-refractivity contribution in [1.29, 1.82) is 0 Å². The number of benzene rings is 2. The van der Waals surface area contributed by atoms with Gasteiger partial charge in [-0.2, -0.15) is 0 Å². The van der Waals surface area contributed by atoms with Crippen LogP contribution in [-0.2, 0) is 23.9 Å². The first-order chi connectivity index (χ1) is 20.4. The minimum Gasteiger partial charge on any atom is -0.458 e. The average molecular weight is 590 g/mol. The van der Waals surface area contributed by atoms with E-state index in [1.54, 1.807) is 25.7 Å². The molecule has 2 saturated heterocycles. The van der Waals surface area contributed by atoms with E-state index in [9.17, 15) is 19.2 Å². The number of hydrogen-bond acceptors (Lipinski definition) is 6. The van der Waals surface area contributed by atoms with Crippen molar-refractivity contribution in [2.75, 3.05) is 6.61 Å². The lowest BCUT2D eigenvalue weighted by Crippen LogP contribution is -2.57.